The summed E-state index contributed by atoms with van der Waals surface area (Å²) in [6, 6.07) is 80.8. The zero-order valence-corrected chi connectivity index (χ0v) is 34.7. The molecule has 0 aliphatic heterocycles. The fourth-order valence-electron chi connectivity index (χ4n) is 9.96. The minimum absolute atomic E-state index is 0.633. The van der Waals surface area contributed by atoms with Crippen LogP contribution in [-0.4, -0.2) is 15.0 Å². The van der Waals surface area contributed by atoms with E-state index >= 15 is 0 Å². The summed E-state index contributed by atoms with van der Waals surface area (Å²) in [5, 5.41) is 15.4. The van der Waals surface area contributed by atoms with Crippen LogP contribution in [0.5, 0.6) is 0 Å². The van der Waals surface area contributed by atoms with E-state index in [9.17, 15) is 0 Å². The lowest BCUT2D eigenvalue weighted by Crippen LogP contribution is -2.00. The Bertz CT molecular complexity index is 3930. The molecule has 1 aromatic heterocycles. The van der Waals surface area contributed by atoms with E-state index in [2.05, 4.69) is 188 Å². The number of aromatic nitrogens is 3. The maximum Gasteiger partial charge on any atom is 0.164 e. The summed E-state index contributed by atoms with van der Waals surface area (Å²) in [6.45, 7) is 0. The minimum Gasteiger partial charge on any atom is -0.208 e. The third-order valence-electron chi connectivity index (χ3n) is 13.0. The molecule has 0 unspecified atom stereocenters. The van der Waals surface area contributed by atoms with E-state index in [0.29, 0.717) is 17.5 Å². The maximum atomic E-state index is 5.12. The molecule has 13 aromatic rings. The molecule has 12 aromatic carbocycles. The first-order valence-electron chi connectivity index (χ1n) is 21.8. The molecular formula is C61H37N3. The largest absolute Gasteiger partial charge is 0.208 e. The topological polar surface area (TPSA) is 38.7 Å². The van der Waals surface area contributed by atoms with Crippen LogP contribution in [0.4, 0.5) is 0 Å². The van der Waals surface area contributed by atoms with Crippen molar-refractivity contribution in [3.05, 3.63) is 224 Å². The molecule has 0 N–H and O–H groups in total. The smallest absolute Gasteiger partial charge is 0.164 e. The highest BCUT2D eigenvalue weighted by Crippen LogP contribution is 2.44. The Morgan fingerprint density at radius 1 is 0.188 bits per heavy atom. The molecular weight excluding hydrogens is 775 g/mol. The number of nitrogens with zero attached hydrogens (tertiary/aromatic N) is 3. The number of benzene rings is 11. The van der Waals surface area contributed by atoms with Gasteiger partial charge in [-0.15, -0.1) is 0 Å². The fraction of sp³-hybridized carbons (Fsp3) is 0. The SMILES string of the molecule is c1ccc(-c2cccc(-c3nc(-c4ccccc4)nc(-c4cccc(-c5ccc(-c6cc7ccc8cccc9c%10cccc%11ccc%12cccc(c(c6)c7c89)c%12c%11%10)cc5)c4)n3)c2)cc1. The third kappa shape index (κ3) is 5.94. The van der Waals surface area contributed by atoms with Crippen molar-refractivity contribution in [3.8, 4) is 67.5 Å². The van der Waals surface area contributed by atoms with E-state index in [1.54, 1.807) is 0 Å². The second kappa shape index (κ2) is 14.5. The maximum absolute atomic E-state index is 5.12. The Morgan fingerprint density at radius 2 is 0.547 bits per heavy atom. The Morgan fingerprint density at radius 3 is 1.06 bits per heavy atom. The summed E-state index contributed by atoms with van der Waals surface area (Å²) in [5.41, 5.74) is 9.66. The molecule has 13 rings (SSSR count). The van der Waals surface area contributed by atoms with Gasteiger partial charge in [0.05, 0.1) is 0 Å². The van der Waals surface area contributed by atoms with Crippen LogP contribution < -0.4 is 0 Å². The molecule has 1 heterocycles. The first-order valence-corrected chi connectivity index (χ1v) is 21.8. The standard InChI is InChI=1S/C61H37N3/c1-3-12-38(13-4-1)45-19-7-21-48(34-45)60-62-59(44-14-5-2-6-15-44)63-61(64-60)49-22-8-20-46(35-49)39-26-28-40(29-27-39)50-36-47-33-32-43-17-10-24-52-51-23-9-16-41-30-31-42-18-11-25-53(57(42)55(41)51)54(37-50)58(47)56(43)52/h1-37H. The van der Waals surface area contributed by atoms with Crippen molar-refractivity contribution >= 4 is 64.6 Å². The molecule has 0 radical (unpaired) electrons. The predicted octanol–water partition coefficient (Wildman–Crippen LogP) is 16.2. The quantitative estimate of drug-likeness (QED) is 0.157. The number of rotatable bonds is 6. The van der Waals surface area contributed by atoms with E-state index in [4.69, 9.17) is 15.0 Å². The lowest BCUT2D eigenvalue weighted by molar-refractivity contribution is 1.07. The van der Waals surface area contributed by atoms with Crippen molar-refractivity contribution < 1.29 is 0 Å². The molecule has 3 heteroatoms. The molecule has 0 aliphatic rings. The lowest BCUT2D eigenvalue weighted by atomic mass is 9.86. The van der Waals surface area contributed by atoms with E-state index in [-0.39, 0.29) is 0 Å². The molecule has 64 heavy (non-hydrogen) atoms. The molecule has 296 valence electrons. The van der Waals surface area contributed by atoms with Gasteiger partial charge in [-0.05, 0) is 122 Å². The van der Waals surface area contributed by atoms with Crippen molar-refractivity contribution in [3.63, 3.8) is 0 Å². The van der Waals surface area contributed by atoms with Crippen molar-refractivity contribution in [1.82, 2.24) is 15.0 Å². The van der Waals surface area contributed by atoms with Gasteiger partial charge in [-0.2, -0.15) is 0 Å². The average molecular weight is 812 g/mol. The third-order valence-corrected chi connectivity index (χ3v) is 13.0. The molecule has 0 saturated heterocycles. The second-order valence-electron chi connectivity index (χ2n) is 16.7. The second-order valence-corrected chi connectivity index (χ2v) is 16.7. The predicted molar refractivity (Wildman–Crippen MR) is 269 cm³/mol. The summed E-state index contributed by atoms with van der Waals surface area (Å²) < 4.78 is 0. The van der Waals surface area contributed by atoms with Gasteiger partial charge in [-0.1, -0.05) is 200 Å². The van der Waals surface area contributed by atoms with Crippen LogP contribution in [0, 0.1) is 0 Å². The average Bonchev–Trinajstić information content (AvgIpc) is 3.37. The van der Waals surface area contributed by atoms with E-state index in [1.165, 1.54) is 75.8 Å². The van der Waals surface area contributed by atoms with Crippen molar-refractivity contribution in [2.24, 2.45) is 0 Å². The summed E-state index contributed by atoms with van der Waals surface area (Å²) in [6.07, 6.45) is 0. The van der Waals surface area contributed by atoms with Crippen LogP contribution >= 0.6 is 0 Å². The number of hydrogen-bond acceptors (Lipinski definition) is 3. The van der Waals surface area contributed by atoms with Crippen LogP contribution in [0.15, 0.2) is 224 Å². The van der Waals surface area contributed by atoms with Gasteiger partial charge >= 0.3 is 0 Å². The van der Waals surface area contributed by atoms with E-state index < -0.39 is 0 Å². The summed E-state index contributed by atoms with van der Waals surface area (Å²) in [7, 11) is 0. The normalized spacial score (nSPS) is 11.8. The Kier molecular flexibility index (Phi) is 8.22. The first kappa shape index (κ1) is 36.2. The Labute approximate surface area is 370 Å². The monoisotopic (exact) mass is 811 g/mol. The Balaban J connectivity index is 0.927. The zero-order chi connectivity index (χ0) is 42.1. The van der Waals surface area contributed by atoms with Crippen molar-refractivity contribution in [2.45, 2.75) is 0 Å². The lowest BCUT2D eigenvalue weighted by Gasteiger charge is -2.17. The van der Waals surface area contributed by atoms with Gasteiger partial charge in [0.2, 0.25) is 0 Å². The van der Waals surface area contributed by atoms with Gasteiger partial charge in [0.25, 0.3) is 0 Å². The minimum atomic E-state index is 0.633. The van der Waals surface area contributed by atoms with Crippen LogP contribution in [0.25, 0.3) is 132 Å². The first-order chi connectivity index (χ1) is 31.7. The Hall–Kier alpha value is -8.53. The van der Waals surface area contributed by atoms with Crippen LogP contribution in [-0.2, 0) is 0 Å². The van der Waals surface area contributed by atoms with Crippen molar-refractivity contribution in [1.29, 1.82) is 0 Å². The number of fused-ring (bicyclic) bond motifs is 2. The van der Waals surface area contributed by atoms with Crippen LogP contribution in [0.1, 0.15) is 0 Å². The highest BCUT2D eigenvalue weighted by atomic mass is 15.0. The highest BCUT2D eigenvalue weighted by molar-refractivity contribution is 6.37. The molecule has 0 amide bonds. The van der Waals surface area contributed by atoms with E-state index in [1.807, 2.05) is 36.4 Å². The van der Waals surface area contributed by atoms with Gasteiger partial charge in [0, 0.05) is 16.7 Å². The molecule has 0 aliphatic carbocycles. The summed E-state index contributed by atoms with van der Waals surface area (Å²) >= 11 is 0. The molecule has 0 saturated carbocycles. The highest BCUT2D eigenvalue weighted by Gasteiger charge is 2.18. The van der Waals surface area contributed by atoms with Crippen LogP contribution in [0.2, 0.25) is 0 Å². The van der Waals surface area contributed by atoms with Crippen LogP contribution in [0.3, 0.4) is 0 Å². The van der Waals surface area contributed by atoms with Gasteiger partial charge < -0.3 is 0 Å². The molecule has 0 fully saturated rings. The summed E-state index contributed by atoms with van der Waals surface area (Å²) in [4.78, 5) is 15.2. The molecule has 0 spiro atoms. The fourth-order valence-corrected chi connectivity index (χ4v) is 9.96. The zero-order valence-electron chi connectivity index (χ0n) is 34.7. The molecule has 0 atom stereocenters. The van der Waals surface area contributed by atoms with Gasteiger partial charge in [-0.25, -0.2) is 15.0 Å². The number of hydrogen-bond donors (Lipinski definition) is 0. The summed E-state index contributed by atoms with van der Waals surface area (Å²) in [5.74, 6) is 1.91. The van der Waals surface area contributed by atoms with Crippen molar-refractivity contribution in [2.75, 3.05) is 0 Å². The van der Waals surface area contributed by atoms with Gasteiger partial charge in [0.15, 0.2) is 17.5 Å². The molecule has 3 nitrogen and oxygen atoms in total. The van der Waals surface area contributed by atoms with Gasteiger partial charge in [-0.3, -0.25) is 0 Å². The molecule has 0 bridgehead atoms. The van der Waals surface area contributed by atoms with E-state index in [0.717, 1.165) is 38.9 Å². The van der Waals surface area contributed by atoms with Gasteiger partial charge in [0.1, 0.15) is 0 Å².